The fourth-order valence-corrected chi connectivity index (χ4v) is 4.20. The van der Waals surface area contributed by atoms with Gasteiger partial charge >= 0.3 is 6.09 Å². The lowest BCUT2D eigenvalue weighted by Crippen LogP contribution is -2.46. The smallest absolute Gasteiger partial charge is 0.412 e. The number of ether oxygens (including phenoxy) is 3. The van der Waals surface area contributed by atoms with E-state index in [0.29, 0.717) is 34.6 Å². The zero-order valence-electron chi connectivity index (χ0n) is 18.4. The molecule has 2 aliphatic rings. The highest BCUT2D eigenvalue weighted by molar-refractivity contribution is 7.80. The van der Waals surface area contributed by atoms with Crippen molar-refractivity contribution >= 4 is 34.8 Å². The molecule has 33 heavy (non-hydrogen) atoms. The summed E-state index contributed by atoms with van der Waals surface area (Å²) in [5, 5.41) is 18.4. The van der Waals surface area contributed by atoms with Crippen LogP contribution in [-0.2, 0) is 14.2 Å². The standard InChI is InChI=1S/C24H26N4O4S/c1-14(2)16-6-8-17(9-7-16)27-24(29)32-20-13-31-21-19(12-30-22(20)21)28-23(33)26-18-5-3-4-15(10-18)11-25/h3-10,14,19-22H,12-13H2,1-2H3,(H,27,29)(H2,26,28,33)/t19-,20+,21+,22+/m0/s1. The average Bonchev–Trinajstić information content (AvgIpc) is 3.37. The lowest BCUT2D eigenvalue weighted by Gasteiger charge is -2.20. The Bertz CT molecular complexity index is 1050. The second-order valence-electron chi connectivity index (χ2n) is 8.34. The van der Waals surface area contributed by atoms with E-state index in [4.69, 9.17) is 31.7 Å². The van der Waals surface area contributed by atoms with Crippen molar-refractivity contribution in [3.63, 3.8) is 0 Å². The van der Waals surface area contributed by atoms with Crippen molar-refractivity contribution in [1.29, 1.82) is 5.26 Å². The molecule has 2 aromatic rings. The summed E-state index contributed by atoms with van der Waals surface area (Å²) in [5.74, 6) is 0.422. The summed E-state index contributed by atoms with van der Waals surface area (Å²) in [4.78, 5) is 12.4. The molecule has 0 aliphatic carbocycles. The summed E-state index contributed by atoms with van der Waals surface area (Å²) in [6.45, 7) is 4.85. The van der Waals surface area contributed by atoms with Gasteiger partial charge in [0.15, 0.2) is 11.2 Å². The maximum absolute atomic E-state index is 12.4. The maximum atomic E-state index is 12.4. The highest BCUT2D eigenvalue weighted by atomic mass is 32.1. The van der Waals surface area contributed by atoms with Gasteiger partial charge in [-0.15, -0.1) is 0 Å². The molecule has 0 unspecified atom stereocenters. The number of hydrogen-bond acceptors (Lipinski definition) is 6. The summed E-state index contributed by atoms with van der Waals surface area (Å²) in [6, 6.07) is 16.6. The molecular weight excluding hydrogens is 440 g/mol. The second-order valence-corrected chi connectivity index (χ2v) is 8.75. The summed E-state index contributed by atoms with van der Waals surface area (Å²) < 4.78 is 17.3. The predicted molar refractivity (Wildman–Crippen MR) is 128 cm³/mol. The van der Waals surface area contributed by atoms with Crippen LogP contribution in [0.15, 0.2) is 48.5 Å². The zero-order valence-corrected chi connectivity index (χ0v) is 19.2. The van der Waals surface area contributed by atoms with Crippen molar-refractivity contribution in [1.82, 2.24) is 5.32 Å². The van der Waals surface area contributed by atoms with Gasteiger partial charge in [0, 0.05) is 11.4 Å². The van der Waals surface area contributed by atoms with E-state index in [9.17, 15) is 4.79 Å². The number of benzene rings is 2. The van der Waals surface area contributed by atoms with Gasteiger partial charge in [0.1, 0.15) is 12.2 Å². The number of amides is 1. The van der Waals surface area contributed by atoms with E-state index in [2.05, 4.69) is 35.9 Å². The number of carbonyl (C=O) groups excluding carboxylic acids is 1. The van der Waals surface area contributed by atoms with Crippen molar-refractivity contribution in [3.05, 3.63) is 59.7 Å². The van der Waals surface area contributed by atoms with E-state index < -0.39 is 12.2 Å². The first kappa shape index (κ1) is 23.0. The van der Waals surface area contributed by atoms with Gasteiger partial charge in [-0.3, -0.25) is 5.32 Å². The molecule has 172 valence electrons. The number of nitrogens with one attached hydrogen (secondary N) is 3. The molecule has 2 aromatic carbocycles. The van der Waals surface area contributed by atoms with E-state index in [0.717, 1.165) is 0 Å². The molecule has 0 bridgehead atoms. The third-order valence-corrected chi connectivity index (χ3v) is 5.88. The Labute approximate surface area is 198 Å². The predicted octanol–water partition coefficient (Wildman–Crippen LogP) is 3.75. The highest BCUT2D eigenvalue weighted by Crippen LogP contribution is 2.29. The van der Waals surface area contributed by atoms with Crippen molar-refractivity contribution in [2.45, 2.75) is 44.1 Å². The van der Waals surface area contributed by atoms with E-state index >= 15 is 0 Å². The molecule has 3 N–H and O–H groups in total. The molecule has 9 heteroatoms. The number of carbonyl (C=O) groups is 1. The van der Waals surface area contributed by atoms with E-state index in [1.54, 1.807) is 18.2 Å². The largest absolute Gasteiger partial charge is 0.441 e. The minimum absolute atomic E-state index is 0.186. The van der Waals surface area contributed by atoms with Crippen molar-refractivity contribution in [2.24, 2.45) is 0 Å². The first-order valence-electron chi connectivity index (χ1n) is 10.8. The van der Waals surface area contributed by atoms with Crippen LogP contribution in [-0.4, -0.2) is 48.8 Å². The Morgan fingerprint density at radius 1 is 1.09 bits per heavy atom. The molecule has 8 nitrogen and oxygen atoms in total. The van der Waals surface area contributed by atoms with Gasteiger partial charge in [0.2, 0.25) is 0 Å². The van der Waals surface area contributed by atoms with Crippen LogP contribution >= 0.6 is 12.2 Å². The summed E-state index contributed by atoms with van der Waals surface area (Å²) in [5.41, 5.74) is 3.13. The van der Waals surface area contributed by atoms with E-state index in [-0.39, 0.29) is 24.9 Å². The number of fused-ring (bicyclic) bond motifs is 1. The normalized spacial score (nSPS) is 23.5. The minimum atomic E-state index is -0.545. The highest BCUT2D eigenvalue weighted by Gasteiger charge is 2.49. The van der Waals surface area contributed by atoms with Crippen LogP contribution in [0.1, 0.15) is 30.9 Å². The van der Waals surface area contributed by atoms with Crippen LogP contribution in [0.4, 0.5) is 16.2 Å². The van der Waals surface area contributed by atoms with Gasteiger partial charge in [-0.2, -0.15) is 5.26 Å². The van der Waals surface area contributed by atoms with E-state index in [1.165, 1.54) is 5.56 Å². The van der Waals surface area contributed by atoms with Gasteiger partial charge in [-0.25, -0.2) is 4.79 Å². The van der Waals surface area contributed by atoms with E-state index in [1.807, 2.05) is 30.3 Å². The Kier molecular flexibility index (Phi) is 7.08. The third-order valence-electron chi connectivity index (χ3n) is 5.66. The van der Waals surface area contributed by atoms with Crippen LogP contribution in [0.2, 0.25) is 0 Å². The molecule has 0 aromatic heterocycles. The van der Waals surface area contributed by atoms with Crippen molar-refractivity contribution in [2.75, 3.05) is 23.8 Å². The number of nitrogens with zero attached hydrogens (tertiary/aromatic N) is 1. The zero-order chi connectivity index (χ0) is 23.4. The molecule has 0 spiro atoms. The quantitative estimate of drug-likeness (QED) is 0.573. The van der Waals surface area contributed by atoms with Crippen molar-refractivity contribution < 1.29 is 19.0 Å². The number of hydrogen-bond donors (Lipinski definition) is 3. The lowest BCUT2D eigenvalue weighted by atomic mass is 10.0. The summed E-state index contributed by atoms with van der Waals surface area (Å²) in [6.07, 6.45) is -1.72. The van der Waals surface area contributed by atoms with Gasteiger partial charge in [0.05, 0.1) is 30.9 Å². The number of anilines is 2. The lowest BCUT2D eigenvalue weighted by molar-refractivity contribution is 0.00880. The molecule has 2 heterocycles. The number of thiocarbonyl (C=S) groups is 1. The van der Waals surface area contributed by atoms with Gasteiger partial charge < -0.3 is 24.8 Å². The minimum Gasteiger partial charge on any atom is -0.441 e. The molecule has 4 rings (SSSR count). The summed E-state index contributed by atoms with van der Waals surface area (Å²) in [7, 11) is 0. The first-order chi connectivity index (χ1) is 15.9. The Balaban J connectivity index is 1.27. The number of nitriles is 1. The second kappa shape index (κ2) is 10.2. The molecule has 0 radical (unpaired) electrons. The molecule has 2 fully saturated rings. The monoisotopic (exact) mass is 466 g/mol. The molecule has 2 saturated heterocycles. The molecule has 4 atom stereocenters. The topological polar surface area (TPSA) is 105 Å². The van der Waals surface area contributed by atoms with Crippen LogP contribution in [0, 0.1) is 11.3 Å². The average molecular weight is 467 g/mol. The fourth-order valence-electron chi connectivity index (χ4n) is 3.93. The fraction of sp³-hybridized carbons (Fsp3) is 0.375. The molecular formula is C24H26N4O4S. The molecule has 1 amide bonds. The van der Waals surface area contributed by atoms with Crippen LogP contribution in [0.3, 0.4) is 0 Å². The third kappa shape index (κ3) is 5.60. The van der Waals surface area contributed by atoms with Crippen molar-refractivity contribution in [3.8, 4) is 6.07 Å². The number of rotatable bonds is 5. The first-order valence-corrected chi connectivity index (χ1v) is 11.2. The van der Waals surface area contributed by atoms with Gasteiger partial charge in [-0.1, -0.05) is 32.0 Å². The Morgan fingerprint density at radius 2 is 1.85 bits per heavy atom. The van der Waals surface area contributed by atoms with Crippen LogP contribution < -0.4 is 16.0 Å². The SMILES string of the molecule is CC(C)c1ccc(NC(=O)O[C@@H]2CO[C@H]3[C@@H]2OC[C@@H]3NC(=S)Nc2cccc(C#N)c2)cc1. The summed E-state index contributed by atoms with van der Waals surface area (Å²) >= 11 is 5.40. The van der Waals surface area contributed by atoms with Gasteiger partial charge in [-0.05, 0) is 54.0 Å². The molecule has 0 saturated carbocycles. The van der Waals surface area contributed by atoms with Gasteiger partial charge in [0.25, 0.3) is 0 Å². The Morgan fingerprint density at radius 3 is 2.58 bits per heavy atom. The van der Waals surface area contributed by atoms with Crippen LogP contribution in [0.25, 0.3) is 0 Å². The molecule has 2 aliphatic heterocycles. The maximum Gasteiger partial charge on any atom is 0.412 e. The van der Waals surface area contributed by atoms with Crippen LogP contribution in [0.5, 0.6) is 0 Å². The Hall–Kier alpha value is -3.19.